The molecular formula is C23H30O4. The van der Waals surface area contributed by atoms with Crippen LogP contribution in [0.25, 0.3) is 0 Å². The zero-order chi connectivity index (χ0) is 18.8. The highest BCUT2D eigenvalue weighted by atomic mass is 16.5. The molecule has 1 heterocycles. The van der Waals surface area contributed by atoms with Crippen LogP contribution in [-0.4, -0.2) is 34.5 Å². The highest BCUT2D eigenvalue weighted by molar-refractivity contribution is 5.74. The van der Waals surface area contributed by atoms with Gasteiger partial charge in [-0.2, -0.15) is 0 Å². The Morgan fingerprint density at radius 3 is 2.81 bits per heavy atom. The van der Waals surface area contributed by atoms with Crippen molar-refractivity contribution < 1.29 is 19.7 Å². The van der Waals surface area contributed by atoms with Gasteiger partial charge in [-0.25, -0.2) is 0 Å². The maximum Gasteiger partial charge on any atom is 0.309 e. The molecule has 7 atom stereocenters. The fourth-order valence-corrected chi connectivity index (χ4v) is 5.42. The summed E-state index contributed by atoms with van der Waals surface area (Å²) in [6.45, 7) is 0. The molecule has 146 valence electrons. The topological polar surface area (TPSA) is 66.8 Å². The first-order chi connectivity index (χ1) is 13.1. The van der Waals surface area contributed by atoms with Crippen LogP contribution in [0.4, 0.5) is 0 Å². The maximum atomic E-state index is 12.3. The lowest BCUT2D eigenvalue weighted by Crippen LogP contribution is -2.45. The van der Waals surface area contributed by atoms with Crippen molar-refractivity contribution in [3.05, 3.63) is 48.0 Å². The van der Waals surface area contributed by atoms with Crippen LogP contribution in [-0.2, 0) is 16.0 Å². The number of aliphatic hydroxyl groups excluding tert-OH is 2. The van der Waals surface area contributed by atoms with E-state index in [2.05, 4.69) is 24.3 Å². The van der Waals surface area contributed by atoms with E-state index in [0.717, 1.165) is 32.1 Å². The van der Waals surface area contributed by atoms with Crippen LogP contribution in [0.15, 0.2) is 42.5 Å². The number of benzene rings is 1. The largest absolute Gasteiger partial charge is 0.462 e. The molecule has 1 aliphatic heterocycles. The van der Waals surface area contributed by atoms with Gasteiger partial charge in [0, 0.05) is 12.3 Å². The monoisotopic (exact) mass is 370 g/mol. The van der Waals surface area contributed by atoms with E-state index in [1.54, 1.807) is 0 Å². The van der Waals surface area contributed by atoms with E-state index >= 15 is 0 Å². The van der Waals surface area contributed by atoms with Crippen molar-refractivity contribution in [3.63, 3.8) is 0 Å². The lowest BCUT2D eigenvalue weighted by atomic mass is 9.69. The average Bonchev–Trinajstić information content (AvgIpc) is 3.00. The zero-order valence-corrected chi connectivity index (χ0v) is 15.7. The molecule has 27 heavy (non-hydrogen) atoms. The molecule has 1 aromatic carbocycles. The van der Waals surface area contributed by atoms with Gasteiger partial charge in [-0.15, -0.1) is 0 Å². The van der Waals surface area contributed by atoms with E-state index in [1.165, 1.54) is 5.56 Å². The van der Waals surface area contributed by atoms with Gasteiger partial charge in [-0.1, -0.05) is 42.5 Å². The number of hydrogen-bond acceptors (Lipinski definition) is 4. The van der Waals surface area contributed by atoms with Gasteiger partial charge >= 0.3 is 5.97 Å². The summed E-state index contributed by atoms with van der Waals surface area (Å²) in [6, 6.07) is 10.2. The van der Waals surface area contributed by atoms with Crippen molar-refractivity contribution in [1.29, 1.82) is 0 Å². The number of carbonyl (C=O) groups is 1. The molecule has 2 aliphatic carbocycles. The minimum atomic E-state index is -0.441. The highest BCUT2D eigenvalue weighted by Gasteiger charge is 2.54. The third kappa shape index (κ3) is 3.97. The van der Waals surface area contributed by atoms with Crippen molar-refractivity contribution in [1.82, 2.24) is 0 Å². The van der Waals surface area contributed by atoms with E-state index < -0.39 is 6.10 Å². The number of carbonyl (C=O) groups excluding carboxylic acids is 1. The quantitative estimate of drug-likeness (QED) is 0.596. The molecule has 4 rings (SSSR count). The number of aliphatic hydroxyl groups is 2. The van der Waals surface area contributed by atoms with Gasteiger partial charge in [-0.05, 0) is 55.9 Å². The lowest BCUT2D eigenvalue weighted by Gasteiger charge is -2.41. The van der Waals surface area contributed by atoms with E-state index in [1.807, 2.05) is 18.2 Å². The first-order valence-electron chi connectivity index (χ1n) is 10.4. The summed E-state index contributed by atoms with van der Waals surface area (Å²) < 4.78 is 5.70. The van der Waals surface area contributed by atoms with Gasteiger partial charge in [0.1, 0.15) is 6.10 Å². The summed E-state index contributed by atoms with van der Waals surface area (Å²) in [4.78, 5) is 12.3. The number of fused-ring (bicyclic) bond motifs is 3. The molecule has 0 amide bonds. The summed E-state index contributed by atoms with van der Waals surface area (Å²) in [5, 5.41) is 21.1. The Hall–Kier alpha value is -1.65. The van der Waals surface area contributed by atoms with Crippen molar-refractivity contribution >= 4 is 5.97 Å². The Balaban J connectivity index is 1.36. The van der Waals surface area contributed by atoms with Gasteiger partial charge in [0.05, 0.1) is 18.1 Å². The molecular weight excluding hydrogens is 340 g/mol. The molecule has 0 radical (unpaired) electrons. The normalized spacial score (nSPS) is 36.0. The Bertz CT molecular complexity index is 670. The lowest BCUT2D eigenvalue weighted by molar-refractivity contribution is -0.170. The molecule has 4 nitrogen and oxygen atoms in total. The number of esters is 1. The summed E-state index contributed by atoms with van der Waals surface area (Å²) >= 11 is 0. The Morgan fingerprint density at radius 1 is 1.19 bits per heavy atom. The van der Waals surface area contributed by atoms with Crippen molar-refractivity contribution in [2.24, 2.45) is 23.7 Å². The van der Waals surface area contributed by atoms with Gasteiger partial charge in [0.2, 0.25) is 0 Å². The van der Waals surface area contributed by atoms with Crippen LogP contribution < -0.4 is 0 Å². The zero-order valence-electron chi connectivity index (χ0n) is 15.7. The Kier molecular flexibility index (Phi) is 5.65. The summed E-state index contributed by atoms with van der Waals surface area (Å²) in [5.74, 6) is 0.354. The minimum Gasteiger partial charge on any atom is -0.462 e. The van der Waals surface area contributed by atoms with E-state index in [-0.39, 0.29) is 41.8 Å². The van der Waals surface area contributed by atoms with Crippen LogP contribution in [0, 0.1) is 23.7 Å². The number of aryl methyl sites for hydroxylation is 1. The second kappa shape index (κ2) is 8.15. The average molecular weight is 370 g/mol. The molecule has 1 saturated heterocycles. The number of allylic oxidation sites excluding steroid dienone is 2. The predicted octanol–water partition coefficient (Wildman–Crippen LogP) is 3.27. The molecule has 1 aromatic rings. The molecule has 4 heteroatoms. The third-order valence-electron chi connectivity index (χ3n) is 6.82. The Morgan fingerprint density at radius 2 is 2.00 bits per heavy atom. The van der Waals surface area contributed by atoms with E-state index in [0.29, 0.717) is 12.8 Å². The number of hydrogen-bond donors (Lipinski definition) is 2. The summed E-state index contributed by atoms with van der Waals surface area (Å²) in [6.07, 6.45) is 8.79. The fourth-order valence-electron chi connectivity index (χ4n) is 5.42. The van der Waals surface area contributed by atoms with Gasteiger partial charge in [-0.3, -0.25) is 4.79 Å². The van der Waals surface area contributed by atoms with Gasteiger partial charge < -0.3 is 14.9 Å². The molecule has 0 spiro atoms. The minimum absolute atomic E-state index is 0.0490. The highest BCUT2D eigenvalue weighted by Crippen LogP contribution is 2.50. The molecule has 2 fully saturated rings. The molecule has 0 aromatic heterocycles. The number of ether oxygens (including phenoxy) is 1. The van der Waals surface area contributed by atoms with Crippen LogP contribution in [0.2, 0.25) is 0 Å². The predicted molar refractivity (Wildman–Crippen MR) is 103 cm³/mol. The third-order valence-corrected chi connectivity index (χ3v) is 6.82. The maximum absolute atomic E-state index is 12.3. The van der Waals surface area contributed by atoms with Crippen LogP contribution >= 0.6 is 0 Å². The molecule has 1 saturated carbocycles. The smallest absolute Gasteiger partial charge is 0.309 e. The fraction of sp³-hybridized carbons (Fsp3) is 0.609. The van der Waals surface area contributed by atoms with Crippen LogP contribution in [0.3, 0.4) is 0 Å². The van der Waals surface area contributed by atoms with Gasteiger partial charge in [0.15, 0.2) is 0 Å². The summed E-state index contributed by atoms with van der Waals surface area (Å²) in [5.41, 5.74) is 1.24. The van der Waals surface area contributed by atoms with Crippen LogP contribution in [0.5, 0.6) is 0 Å². The molecule has 3 aliphatic rings. The summed E-state index contributed by atoms with van der Waals surface area (Å²) in [7, 11) is 0. The number of rotatable bonds is 6. The van der Waals surface area contributed by atoms with E-state index in [9.17, 15) is 15.0 Å². The molecule has 2 unspecified atom stereocenters. The first-order valence-corrected chi connectivity index (χ1v) is 10.4. The SMILES string of the molecule is O=C1O[C@H]2C[C@@H](O)[C@H](CC[C@@H](O)CCc3ccccc3)[C@H]2C2C=CCCC12. The van der Waals surface area contributed by atoms with Crippen LogP contribution in [0.1, 0.15) is 44.1 Å². The second-order valence-corrected chi connectivity index (χ2v) is 8.46. The first kappa shape index (κ1) is 18.7. The van der Waals surface area contributed by atoms with Crippen molar-refractivity contribution in [3.8, 4) is 0 Å². The van der Waals surface area contributed by atoms with Crippen molar-refractivity contribution in [2.75, 3.05) is 0 Å². The standard InChI is InChI=1S/C23H30O4/c24-16(11-10-15-6-2-1-3-7-15)12-13-19-20(25)14-21-22(19)17-8-4-5-9-18(17)23(26)27-21/h1-4,6-8,16-22,24-25H,5,9-14H2/t16-,17?,18?,19-,20+,21-,22+/m0/s1. The molecule has 0 bridgehead atoms. The van der Waals surface area contributed by atoms with Crippen molar-refractivity contribution in [2.45, 2.75) is 63.3 Å². The molecule has 2 N–H and O–H groups in total. The van der Waals surface area contributed by atoms with Gasteiger partial charge in [0.25, 0.3) is 0 Å². The second-order valence-electron chi connectivity index (χ2n) is 8.46. The van der Waals surface area contributed by atoms with E-state index in [4.69, 9.17) is 4.74 Å². The Labute approximate surface area is 161 Å².